The van der Waals surface area contributed by atoms with Gasteiger partial charge in [-0.25, -0.2) is 9.97 Å². The summed E-state index contributed by atoms with van der Waals surface area (Å²) in [4.78, 5) is 15.8. The monoisotopic (exact) mass is 542 g/mol. The molecule has 2 aromatic heterocycles. The van der Waals surface area contributed by atoms with Crippen LogP contribution in [-0.2, 0) is 0 Å². The van der Waals surface area contributed by atoms with E-state index in [0.717, 1.165) is 47.5 Å². The highest BCUT2D eigenvalue weighted by atomic mass is 32.1. The molecule has 0 saturated carbocycles. The van der Waals surface area contributed by atoms with Crippen molar-refractivity contribution in [2.45, 2.75) is 46.5 Å². The van der Waals surface area contributed by atoms with Crippen molar-refractivity contribution in [1.82, 2.24) is 9.97 Å². The first-order valence-electron chi connectivity index (χ1n) is 13.7. The van der Waals surface area contributed by atoms with Crippen LogP contribution in [0.25, 0.3) is 32.0 Å². The van der Waals surface area contributed by atoms with Crippen LogP contribution in [0.1, 0.15) is 52.0 Å². The van der Waals surface area contributed by atoms with E-state index < -0.39 is 0 Å². The molecule has 7 heteroatoms. The predicted molar refractivity (Wildman–Crippen MR) is 173 cm³/mol. The first-order valence-corrected chi connectivity index (χ1v) is 14.5. The van der Waals surface area contributed by atoms with Gasteiger partial charge in [0.25, 0.3) is 0 Å². The first-order chi connectivity index (χ1) is 18.9. The number of allylic oxidation sites excluding steroid dienone is 1. The molecule has 0 aliphatic rings. The number of nitrogens with one attached hydrogen (secondary N) is 1. The average Bonchev–Trinajstić information content (AvgIpc) is 3.37. The van der Waals surface area contributed by atoms with Crippen LogP contribution < -0.4 is 15.5 Å². The highest BCUT2D eigenvalue weighted by Crippen LogP contribution is 2.40. The summed E-state index contributed by atoms with van der Waals surface area (Å²) in [5, 5.41) is 7.95. The van der Waals surface area contributed by atoms with Crippen LogP contribution in [0, 0.1) is 5.41 Å². The zero-order chi connectivity index (χ0) is 28.4. The number of nitrogens with two attached hydrogens (primary N) is 1. The van der Waals surface area contributed by atoms with Crippen molar-refractivity contribution < 1.29 is 0 Å². The molecule has 0 amide bonds. The summed E-state index contributed by atoms with van der Waals surface area (Å²) in [5.74, 6) is 1.60. The second-order valence-electron chi connectivity index (χ2n) is 9.70. The van der Waals surface area contributed by atoms with Crippen LogP contribution in [0.4, 0.5) is 17.2 Å². The molecule has 0 aliphatic carbocycles. The molecule has 0 aliphatic heterocycles. The van der Waals surface area contributed by atoms with Gasteiger partial charge in [-0.05, 0) is 49.6 Å². The van der Waals surface area contributed by atoms with Crippen LogP contribution in [0.15, 0.2) is 61.2 Å². The molecule has 0 fully saturated rings. The number of fused-ring (bicyclic) bond motifs is 1. The van der Waals surface area contributed by atoms with E-state index in [0.29, 0.717) is 17.1 Å². The Bertz CT molecular complexity index is 1390. The molecule has 6 nitrogen and oxygen atoms in total. The minimum absolute atomic E-state index is 0.563. The number of rotatable bonds is 11. The smallest absolute Gasteiger partial charge is 0.162 e. The molecule has 2 heterocycles. The van der Waals surface area contributed by atoms with Gasteiger partial charge in [0.15, 0.2) is 11.6 Å². The zero-order valence-electron chi connectivity index (χ0n) is 24.0. The Labute approximate surface area is 237 Å². The summed E-state index contributed by atoms with van der Waals surface area (Å²) >= 11 is 1.75. The molecule has 4 aromatic rings. The Morgan fingerprint density at radius 3 is 2.41 bits per heavy atom. The van der Waals surface area contributed by atoms with Crippen molar-refractivity contribution in [2.75, 3.05) is 42.7 Å². The number of aromatic nitrogens is 2. The van der Waals surface area contributed by atoms with E-state index in [9.17, 15) is 0 Å². The lowest BCUT2D eigenvalue weighted by molar-refractivity contribution is 0.665. The van der Waals surface area contributed by atoms with Gasteiger partial charge in [0.2, 0.25) is 0 Å². The molecule has 0 bridgehead atoms. The van der Waals surface area contributed by atoms with Gasteiger partial charge in [0.05, 0.1) is 10.2 Å². The molecule has 4 rings (SSSR count). The lowest BCUT2D eigenvalue weighted by Crippen LogP contribution is -2.26. The summed E-state index contributed by atoms with van der Waals surface area (Å²) in [5.41, 5.74) is 11.5. The second-order valence-corrected chi connectivity index (χ2v) is 10.7. The van der Waals surface area contributed by atoms with E-state index in [2.05, 4.69) is 74.7 Å². The third-order valence-electron chi connectivity index (χ3n) is 6.35. The molecule has 206 valence electrons. The van der Waals surface area contributed by atoms with Crippen LogP contribution in [0.3, 0.4) is 0 Å². The second kappa shape index (κ2) is 14.4. The molecular formula is C32H42N6S. The number of hydrogen-bond donors (Lipinski definition) is 2. The van der Waals surface area contributed by atoms with Gasteiger partial charge >= 0.3 is 0 Å². The Morgan fingerprint density at radius 1 is 1.00 bits per heavy atom. The molecule has 0 radical (unpaired) electrons. The highest BCUT2D eigenvalue weighted by molar-refractivity contribution is 7.22. The SMILES string of the molecule is C=CC.CCCCCN(CCC)c1nc(-c2cccc(N)c2C=N)nc2cc(-c3cccc(N(C)C)c3)sc12. The number of benzene rings is 2. The third-order valence-corrected chi connectivity index (χ3v) is 7.52. The zero-order valence-corrected chi connectivity index (χ0v) is 24.8. The van der Waals surface area contributed by atoms with Crippen molar-refractivity contribution in [1.29, 1.82) is 5.41 Å². The van der Waals surface area contributed by atoms with Gasteiger partial charge in [-0.1, -0.05) is 57.0 Å². The number of thiophene rings is 1. The minimum Gasteiger partial charge on any atom is -0.398 e. The Hall–Kier alpha value is -3.71. The number of hydrogen-bond acceptors (Lipinski definition) is 7. The Kier molecular flexibility index (Phi) is 11.1. The van der Waals surface area contributed by atoms with Gasteiger partial charge in [-0.2, -0.15) is 0 Å². The average molecular weight is 543 g/mol. The fourth-order valence-electron chi connectivity index (χ4n) is 4.41. The normalized spacial score (nSPS) is 10.6. The lowest BCUT2D eigenvalue weighted by Gasteiger charge is -2.24. The topological polar surface area (TPSA) is 82.1 Å². The first kappa shape index (κ1) is 29.8. The molecular weight excluding hydrogens is 500 g/mol. The molecule has 39 heavy (non-hydrogen) atoms. The van der Waals surface area contributed by atoms with Gasteiger partial charge < -0.3 is 20.9 Å². The van der Waals surface area contributed by atoms with Crippen LogP contribution >= 0.6 is 11.3 Å². The largest absolute Gasteiger partial charge is 0.398 e. The Balaban J connectivity index is 0.00000134. The van der Waals surface area contributed by atoms with Crippen LogP contribution in [-0.4, -0.2) is 43.4 Å². The molecule has 2 aromatic carbocycles. The fraction of sp³-hybridized carbons (Fsp3) is 0.344. The highest BCUT2D eigenvalue weighted by Gasteiger charge is 2.20. The Morgan fingerprint density at radius 2 is 1.74 bits per heavy atom. The third kappa shape index (κ3) is 7.24. The maximum Gasteiger partial charge on any atom is 0.162 e. The number of unbranched alkanes of at least 4 members (excludes halogenated alkanes) is 2. The summed E-state index contributed by atoms with van der Waals surface area (Å²) in [6, 6.07) is 16.4. The summed E-state index contributed by atoms with van der Waals surface area (Å²) < 4.78 is 1.11. The summed E-state index contributed by atoms with van der Waals surface area (Å²) in [7, 11) is 4.12. The predicted octanol–water partition coefficient (Wildman–Crippen LogP) is 8.27. The van der Waals surface area contributed by atoms with E-state index in [1.165, 1.54) is 35.2 Å². The minimum atomic E-state index is 0.563. The van der Waals surface area contributed by atoms with Crippen molar-refractivity contribution in [3.05, 3.63) is 66.7 Å². The molecule has 0 unspecified atom stereocenters. The lowest BCUT2D eigenvalue weighted by atomic mass is 10.1. The van der Waals surface area contributed by atoms with Crippen molar-refractivity contribution in [3.63, 3.8) is 0 Å². The number of nitrogen functional groups attached to an aromatic ring is 1. The maximum atomic E-state index is 7.95. The maximum absolute atomic E-state index is 7.95. The van der Waals surface area contributed by atoms with Crippen LogP contribution in [0.2, 0.25) is 0 Å². The van der Waals surface area contributed by atoms with Gasteiger partial charge in [-0.15, -0.1) is 17.9 Å². The van der Waals surface area contributed by atoms with E-state index in [-0.39, 0.29) is 0 Å². The molecule has 0 atom stereocenters. The van der Waals surface area contributed by atoms with E-state index >= 15 is 0 Å². The summed E-state index contributed by atoms with van der Waals surface area (Å²) in [6.45, 7) is 11.6. The summed E-state index contributed by atoms with van der Waals surface area (Å²) in [6.07, 6.45) is 7.60. The van der Waals surface area contributed by atoms with E-state index in [1.807, 2.05) is 25.1 Å². The molecule has 0 saturated heterocycles. The van der Waals surface area contributed by atoms with Gasteiger partial charge in [-0.3, -0.25) is 0 Å². The van der Waals surface area contributed by atoms with Gasteiger partial charge in [0.1, 0.15) is 0 Å². The number of anilines is 3. The van der Waals surface area contributed by atoms with Gasteiger partial charge in [0, 0.05) is 60.8 Å². The fourth-order valence-corrected chi connectivity index (χ4v) is 5.53. The molecule has 3 N–H and O–H groups in total. The number of nitrogens with zero attached hydrogens (tertiary/aromatic N) is 4. The van der Waals surface area contributed by atoms with E-state index in [1.54, 1.807) is 17.4 Å². The van der Waals surface area contributed by atoms with Crippen molar-refractivity contribution in [3.8, 4) is 21.8 Å². The van der Waals surface area contributed by atoms with Crippen molar-refractivity contribution in [2.24, 2.45) is 0 Å². The van der Waals surface area contributed by atoms with Crippen molar-refractivity contribution >= 4 is 45.0 Å². The van der Waals surface area contributed by atoms with E-state index in [4.69, 9.17) is 21.1 Å². The standard InChI is InChI=1S/C29H36N6S.C3H6/c1-5-7-8-16-35(15-6-2)29-27-25(18-26(36-27)20-11-9-12-21(17-20)34(3)4)32-28(33-29)22-13-10-14-24(31)23(22)19-30;1-3-2/h9-14,17-19,30H,5-8,15-16,31H2,1-4H3;3H,1H2,2H3. The van der Waals surface area contributed by atoms with Crippen LogP contribution in [0.5, 0.6) is 0 Å². The quantitative estimate of drug-likeness (QED) is 0.0862. The molecule has 0 spiro atoms.